The van der Waals surface area contributed by atoms with Gasteiger partial charge in [0.25, 0.3) is 0 Å². The maximum atomic E-state index is 11.8. The van der Waals surface area contributed by atoms with Gasteiger partial charge in [-0.05, 0) is 12.8 Å². The van der Waals surface area contributed by atoms with Crippen molar-refractivity contribution in [3.05, 3.63) is 11.3 Å². The Balaban J connectivity index is 2.73. The van der Waals surface area contributed by atoms with Crippen LogP contribution in [0.1, 0.15) is 32.6 Å². The molecule has 7 nitrogen and oxygen atoms in total. The van der Waals surface area contributed by atoms with E-state index in [4.69, 9.17) is 4.74 Å². The van der Waals surface area contributed by atoms with Crippen molar-refractivity contribution in [3.63, 3.8) is 0 Å². The summed E-state index contributed by atoms with van der Waals surface area (Å²) in [5, 5.41) is 19.2. The first-order chi connectivity index (χ1) is 9.40. The van der Waals surface area contributed by atoms with Crippen molar-refractivity contribution in [2.75, 3.05) is 7.11 Å². The zero-order valence-electron chi connectivity index (χ0n) is 11.4. The summed E-state index contributed by atoms with van der Waals surface area (Å²) in [6.07, 6.45) is -1.54. The van der Waals surface area contributed by atoms with E-state index in [9.17, 15) is 24.6 Å². The Morgan fingerprint density at radius 1 is 1.45 bits per heavy atom. The van der Waals surface area contributed by atoms with E-state index in [2.05, 4.69) is 4.74 Å². The maximum absolute atomic E-state index is 11.8. The van der Waals surface area contributed by atoms with Crippen LogP contribution in [-0.4, -0.2) is 47.3 Å². The summed E-state index contributed by atoms with van der Waals surface area (Å²) >= 11 is 0. The van der Waals surface area contributed by atoms with Crippen LogP contribution in [0.5, 0.6) is 0 Å². The van der Waals surface area contributed by atoms with Crippen LogP contribution < -0.4 is 0 Å². The van der Waals surface area contributed by atoms with Gasteiger partial charge in [-0.1, -0.05) is 6.92 Å². The number of carbonyl (C=O) groups excluding carboxylic acids is 3. The number of ether oxygens (including phenoxy) is 2. The number of Topliss-reactive ketones (excluding diaryl/α,β-unsaturated/α-hetero) is 1. The van der Waals surface area contributed by atoms with Crippen molar-refractivity contribution in [1.82, 2.24) is 0 Å². The van der Waals surface area contributed by atoms with E-state index in [1.54, 1.807) is 6.92 Å². The number of aliphatic hydroxyl groups excluding tert-OH is 2. The molecular formula is C13H18O7. The fourth-order valence-corrected chi connectivity index (χ4v) is 1.77. The Hall–Kier alpha value is -1.89. The lowest BCUT2D eigenvalue weighted by Gasteiger charge is -2.07. The fourth-order valence-electron chi connectivity index (χ4n) is 1.77. The van der Waals surface area contributed by atoms with Crippen molar-refractivity contribution in [2.24, 2.45) is 0 Å². The topological polar surface area (TPSA) is 110 Å². The van der Waals surface area contributed by atoms with Crippen molar-refractivity contribution < 1.29 is 34.1 Å². The Morgan fingerprint density at radius 2 is 2.10 bits per heavy atom. The molecule has 20 heavy (non-hydrogen) atoms. The van der Waals surface area contributed by atoms with E-state index < -0.39 is 41.3 Å². The molecule has 2 N–H and O–H groups in total. The minimum absolute atomic E-state index is 0.0750. The monoisotopic (exact) mass is 286 g/mol. The lowest BCUT2D eigenvalue weighted by atomic mass is 10.0. The van der Waals surface area contributed by atoms with Gasteiger partial charge in [0.1, 0.15) is 5.57 Å². The summed E-state index contributed by atoms with van der Waals surface area (Å²) in [5.41, 5.74) is -0.442. The van der Waals surface area contributed by atoms with Crippen molar-refractivity contribution in [3.8, 4) is 0 Å². The number of rotatable bonds is 7. The molecule has 2 atom stereocenters. The molecular weight excluding hydrogens is 268 g/mol. The smallest absolute Gasteiger partial charge is 0.346 e. The summed E-state index contributed by atoms with van der Waals surface area (Å²) in [6, 6.07) is 0. The first-order valence-corrected chi connectivity index (χ1v) is 6.32. The highest BCUT2D eigenvalue weighted by Gasteiger charge is 2.39. The Labute approximate surface area is 116 Å². The van der Waals surface area contributed by atoms with Gasteiger partial charge in [-0.2, -0.15) is 0 Å². The number of esters is 2. The van der Waals surface area contributed by atoms with Crippen molar-refractivity contribution in [2.45, 2.75) is 44.8 Å². The van der Waals surface area contributed by atoms with E-state index >= 15 is 0 Å². The summed E-state index contributed by atoms with van der Waals surface area (Å²) in [6.45, 7) is 1.77. The third kappa shape index (κ3) is 3.80. The van der Waals surface area contributed by atoms with Gasteiger partial charge < -0.3 is 19.7 Å². The van der Waals surface area contributed by atoms with Crippen LogP contribution in [0.15, 0.2) is 11.3 Å². The average molecular weight is 286 g/mol. The summed E-state index contributed by atoms with van der Waals surface area (Å²) in [5.74, 6) is -2.76. The van der Waals surface area contributed by atoms with E-state index in [0.717, 1.165) is 7.11 Å². The molecule has 0 spiro atoms. The highest BCUT2D eigenvalue weighted by molar-refractivity contribution is 6.19. The molecule has 0 aromatic heterocycles. The highest BCUT2D eigenvalue weighted by Crippen LogP contribution is 2.25. The van der Waals surface area contributed by atoms with Crippen LogP contribution in [0.4, 0.5) is 0 Å². The van der Waals surface area contributed by atoms with Gasteiger partial charge in [-0.3, -0.25) is 9.59 Å². The summed E-state index contributed by atoms with van der Waals surface area (Å²) in [4.78, 5) is 34.5. The number of hydrogen-bond acceptors (Lipinski definition) is 7. The summed E-state index contributed by atoms with van der Waals surface area (Å²) < 4.78 is 9.17. The molecule has 0 aromatic rings. The van der Waals surface area contributed by atoms with Gasteiger partial charge in [-0.15, -0.1) is 0 Å². The number of cyclic esters (lactones) is 1. The van der Waals surface area contributed by atoms with Gasteiger partial charge in [0, 0.05) is 6.42 Å². The normalized spacial score (nSPS) is 19.8. The maximum Gasteiger partial charge on any atom is 0.346 e. The fraction of sp³-hybridized carbons (Fsp3) is 0.615. The van der Waals surface area contributed by atoms with Crippen molar-refractivity contribution in [1.29, 1.82) is 0 Å². The summed E-state index contributed by atoms with van der Waals surface area (Å²) in [7, 11) is 1.16. The predicted molar refractivity (Wildman–Crippen MR) is 66.7 cm³/mol. The number of methoxy groups -OCH3 is 1. The molecule has 1 aliphatic heterocycles. The molecule has 112 valence electrons. The second-order valence-corrected chi connectivity index (χ2v) is 4.46. The number of ketones is 1. The molecule has 7 heteroatoms. The van der Waals surface area contributed by atoms with Crippen LogP contribution >= 0.6 is 0 Å². The number of aliphatic hydroxyl groups is 2. The van der Waals surface area contributed by atoms with E-state index in [1.807, 2.05) is 0 Å². The molecule has 1 aliphatic rings. The molecule has 1 heterocycles. The second kappa shape index (κ2) is 7.04. The van der Waals surface area contributed by atoms with Gasteiger partial charge in [0.05, 0.1) is 19.6 Å². The minimum Gasteiger partial charge on any atom is -0.507 e. The molecule has 0 saturated carbocycles. The zero-order chi connectivity index (χ0) is 15.3. The molecule has 0 bridgehead atoms. The Morgan fingerprint density at radius 3 is 2.65 bits per heavy atom. The number of carbonyl (C=O) groups is 3. The van der Waals surface area contributed by atoms with Gasteiger partial charge >= 0.3 is 11.9 Å². The average Bonchev–Trinajstić information content (AvgIpc) is 2.70. The molecule has 0 radical (unpaired) electrons. The molecule has 0 fully saturated rings. The largest absolute Gasteiger partial charge is 0.507 e. The second-order valence-electron chi connectivity index (χ2n) is 4.46. The first-order valence-electron chi connectivity index (χ1n) is 6.32. The molecule has 0 amide bonds. The van der Waals surface area contributed by atoms with Crippen LogP contribution in [0, 0.1) is 0 Å². The van der Waals surface area contributed by atoms with Crippen LogP contribution in [0.2, 0.25) is 0 Å². The number of hydrogen-bond donors (Lipinski definition) is 2. The first kappa shape index (κ1) is 16.2. The van der Waals surface area contributed by atoms with Crippen LogP contribution in [0.3, 0.4) is 0 Å². The zero-order valence-corrected chi connectivity index (χ0v) is 11.4. The molecule has 0 aromatic carbocycles. The third-order valence-corrected chi connectivity index (χ3v) is 3.05. The lowest BCUT2D eigenvalue weighted by molar-refractivity contribution is -0.147. The predicted octanol–water partition coefficient (Wildman–Crippen LogP) is 0.407. The lowest BCUT2D eigenvalue weighted by Crippen LogP contribution is -2.17. The third-order valence-electron chi connectivity index (χ3n) is 3.05. The van der Waals surface area contributed by atoms with Gasteiger partial charge in [0.2, 0.25) is 0 Å². The SMILES string of the molecule is CC[C@H](O)CCC(=O)C1=C(O)[C@H](CC(=O)OC)OC1=O. The molecule has 0 unspecified atom stereocenters. The van der Waals surface area contributed by atoms with Crippen LogP contribution in [-0.2, 0) is 23.9 Å². The van der Waals surface area contributed by atoms with E-state index in [-0.39, 0.29) is 19.3 Å². The van der Waals surface area contributed by atoms with Crippen molar-refractivity contribution >= 4 is 17.7 Å². The van der Waals surface area contributed by atoms with E-state index in [0.29, 0.717) is 6.42 Å². The standard InChI is InChI=1S/C13H18O7/c1-3-7(14)4-5-8(15)11-12(17)9(20-13(11)18)6-10(16)19-2/h7,9,14,17H,3-6H2,1-2H3/t7-,9-/m0/s1. The van der Waals surface area contributed by atoms with Gasteiger partial charge in [0.15, 0.2) is 17.6 Å². The highest BCUT2D eigenvalue weighted by atomic mass is 16.6. The minimum atomic E-state index is -1.18. The Bertz CT molecular complexity index is 438. The van der Waals surface area contributed by atoms with Crippen LogP contribution in [0.25, 0.3) is 0 Å². The molecule has 1 rings (SSSR count). The van der Waals surface area contributed by atoms with E-state index in [1.165, 1.54) is 0 Å². The quantitative estimate of drug-likeness (QED) is 0.515. The van der Waals surface area contributed by atoms with Gasteiger partial charge in [-0.25, -0.2) is 4.79 Å². The molecule has 0 saturated heterocycles. The molecule has 0 aliphatic carbocycles. The Kier molecular flexibility index (Phi) is 5.69.